The summed E-state index contributed by atoms with van der Waals surface area (Å²) in [6.45, 7) is 1.34. The lowest BCUT2D eigenvalue weighted by Crippen LogP contribution is -2.52. The number of aliphatic hydroxyl groups is 4. The summed E-state index contributed by atoms with van der Waals surface area (Å²) in [5, 5.41) is 37.8. The molecule has 0 amide bonds. The van der Waals surface area contributed by atoms with Crippen LogP contribution in [0, 0.1) is 0 Å². The molecule has 7 nitrogen and oxygen atoms in total. The first-order valence-corrected chi connectivity index (χ1v) is 11.4. The highest BCUT2D eigenvalue weighted by Crippen LogP contribution is 2.14. The summed E-state index contributed by atoms with van der Waals surface area (Å²) in [5.74, 6) is -2.45. The van der Waals surface area contributed by atoms with Gasteiger partial charge in [-0.25, -0.2) is 0 Å². The molecule has 172 valence electrons. The molecule has 6 N–H and O–H groups in total. The van der Waals surface area contributed by atoms with Gasteiger partial charge >= 0.3 is 0 Å². The Kier molecular flexibility index (Phi) is 17.4. The third-order valence-electron chi connectivity index (χ3n) is 5.39. The average molecular weight is 418 g/mol. The van der Waals surface area contributed by atoms with Crippen LogP contribution in [0.1, 0.15) is 96.8 Å². The van der Waals surface area contributed by atoms with Gasteiger partial charge in [0.1, 0.15) is 18.2 Å². The minimum absolute atomic E-state index is 0.288. The van der Waals surface area contributed by atoms with E-state index in [1.165, 1.54) is 57.8 Å². The van der Waals surface area contributed by atoms with Gasteiger partial charge in [0.05, 0.1) is 12.7 Å². The maximum Gasteiger partial charge on any atom is 0.230 e. The van der Waals surface area contributed by atoms with E-state index >= 15 is 0 Å². The Bertz CT molecular complexity index is 432. The molecule has 29 heavy (non-hydrogen) atoms. The van der Waals surface area contributed by atoms with Crippen LogP contribution in [0.15, 0.2) is 0 Å². The smallest absolute Gasteiger partial charge is 0.230 e. The van der Waals surface area contributed by atoms with Crippen molar-refractivity contribution in [1.29, 1.82) is 0 Å². The first-order chi connectivity index (χ1) is 13.9. The predicted octanol–water partition coefficient (Wildman–Crippen LogP) is 2.01. The van der Waals surface area contributed by atoms with Gasteiger partial charge in [0.2, 0.25) is 11.6 Å². The summed E-state index contributed by atoms with van der Waals surface area (Å²) in [6.07, 6.45) is 11.3. The molecule has 0 radical (unpaired) electrons. The molecule has 0 aliphatic rings. The highest BCUT2D eigenvalue weighted by atomic mass is 16.3. The molecule has 0 heterocycles. The molecule has 0 rings (SSSR count). The Labute approximate surface area is 175 Å². The monoisotopic (exact) mass is 417 g/mol. The number of hydrogen-bond donors (Lipinski definition) is 5. The van der Waals surface area contributed by atoms with E-state index in [1.807, 2.05) is 0 Å². The van der Waals surface area contributed by atoms with Gasteiger partial charge in [-0.2, -0.15) is 0 Å². The fourth-order valence-electron chi connectivity index (χ4n) is 3.35. The first kappa shape index (κ1) is 28.1. The fraction of sp³-hybridized carbons (Fsp3) is 0.909. The highest BCUT2D eigenvalue weighted by molar-refractivity contribution is 6.40. The van der Waals surface area contributed by atoms with Crippen LogP contribution < -0.4 is 5.73 Å². The van der Waals surface area contributed by atoms with Crippen LogP contribution in [0.4, 0.5) is 0 Å². The van der Waals surface area contributed by atoms with Crippen molar-refractivity contribution >= 4 is 11.6 Å². The molecule has 0 saturated carbocycles. The van der Waals surface area contributed by atoms with Crippen molar-refractivity contribution in [2.45, 2.75) is 121 Å². The Hall–Kier alpha value is -0.860. The molecule has 0 fully saturated rings. The van der Waals surface area contributed by atoms with Gasteiger partial charge in [0.25, 0.3) is 0 Å². The minimum atomic E-state index is -1.85. The molecule has 0 aliphatic heterocycles. The topological polar surface area (TPSA) is 141 Å². The Balaban J connectivity index is 3.74. The second-order valence-corrected chi connectivity index (χ2v) is 8.04. The van der Waals surface area contributed by atoms with Crippen LogP contribution in [-0.4, -0.2) is 63.0 Å². The zero-order chi connectivity index (χ0) is 22.1. The van der Waals surface area contributed by atoms with Gasteiger partial charge in [-0.1, -0.05) is 90.4 Å². The number of carbonyl (C=O) groups excluding carboxylic acids is 2. The van der Waals surface area contributed by atoms with E-state index in [4.69, 9.17) is 10.8 Å². The molecule has 0 spiro atoms. The zero-order valence-electron chi connectivity index (χ0n) is 18.1. The van der Waals surface area contributed by atoms with Crippen molar-refractivity contribution in [1.82, 2.24) is 0 Å². The molecule has 2 unspecified atom stereocenters. The Morgan fingerprint density at radius 3 is 1.55 bits per heavy atom. The van der Waals surface area contributed by atoms with Crippen LogP contribution in [-0.2, 0) is 9.59 Å². The van der Waals surface area contributed by atoms with Gasteiger partial charge in [0.15, 0.2) is 0 Å². The van der Waals surface area contributed by atoms with Gasteiger partial charge in [0, 0.05) is 0 Å². The van der Waals surface area contributed by atoms with Gasteiger partial charge in [-0.05, 0) is 6.42 Å². The molecular formula is C22H43NO6. The van der Waals surface area contributed by atoms with Crippen molar-refractivity contribution in [3.05, 3.63) is 0 Å². The third kappa shape index (κ3) is 13.1. The zero-order valence-corrected chi connectivity index (χ0v) is 18.1. The minimum Gasteiger partial charge on any atom is -0.393 e. The van der Waals surface area contributed by atoms with Crippen molar-refractivity contribution < 1.29 is 30.0 Å². The number of rotatable bonds is 20. The van der Waals surface area contributed by atoms with Crippen molar-refractivity contribution in [3.8, 4) is 0 Å². The summed E-state index contributed by atoms with van der Waals surface area (Å²) in [5.41, 5.74) is 5.53. The predicted molar refractivity (Wildman–Crippen MR) is 113 cm³/mol. The molecule has 4 atom stereocenters. The van der Waals surface area contributed by atoms with E-state index in [9.17, 15) is 24.9 Å². The number of Topliss-reactive ketones (excluding diaryl/α,β-unsaturated/α-hetero) is 2. The fourth-order valence-corrected chi connectivity index (χ4v) is 3.35. The number of hydrogen-bond acceptors (Lipinski definition) is 7. The summed E-state index contributed by atoms with van der Waals surface area (Å²) in [6, 6.07) is -1.61. The van der Waals surface area contributed by atoms with Gasteiger partial charge in [-0.3, -0.25) is 9.59 Å². The molecule has 0 saturated heterocycles. The van der Waals surface area contributed by atoms with E-state index in [2.05, 4.69) is 6.92 Å². The Morgan fingerprint density at radius 2 is 1.14 bits per heavy atom. The molecule has 0 aromatic heterocycles. The maximum absolute atomic E-state index is 11.8. The number of ketones is 2. The lowest BCUT2D eigenvalue weighted by atomic mass is 9.94. The van der Waals surface area contributed by atoms with Crippen molar-refractivity contribution in [2.75, 3.05) is 6.61 Å². The normalized spacial score (nSPS) is 15.7. The summed E-state index contributed by atoms with van der Waals surface area (Å²) in [4.78, 5) is 23.3. The lowest BCUT2D eigenvalue weighted by Gasteiger charge is -2.23. The second kappa shape index (κ2) is 18.0. The van der Waals surface area contributed by atoms with Crippen LogP contribution in [0.25, 0.3) is 0 Å². The number of carbonyl (C=O) groups is 2. The maximum atomic E-state index is 11.8. The average Bonchev–Trinajstić information content (AvgIpc) is 2.73. The highest BCUT2D eigenvalue weighted by Gasteiger charge is 2.34. The SMILES string of the molecule is CCCCCCCCCCCCCCCC(O)C(O)[C@H](N)C(=O)C(=O)[C@H](O)CO. The molecule has 0 aromatic rings. The van der Waals surface area contributed by atoms with Crippen molar-refractivity contribution in [2.24, 2.45) is 5.73 Å². The summed E-state index contributed by atoms with van der Waals surface area (Å²) in [7, 11) is 0. The molecular weight excluding hydrogens is 374 g/mol. The second-order valence-electron chi connectivity index (χ2n) is 8.04. The third-order valence-corrected chi connectivity index (χ3v) is 5.39. The van der Waals surface area contributed by atoms with E-state index in [1.54, 1.807) is 0 Å². The van der Waals surface area contributed by atoms with Gasteiger partial charge < -0.3 is 26.2 Å². The van der Waals surface area contributed by atoms with Crippen LogP contribution in [0.3, 0.4) is 0 Å². The molecule has 0 bridgehead atoms. The summed E-state index contributed by atoms with van der Waals surface area (Å²) >= 11 is 0. The lowest BCUT2D eigenvalue weighted by molar-refractivity contribution is -0.145. The molecule has 7 heteroatoms. The largest absolute Gasteiger partial charge is 0.393 e. The van der Waals surface area contributed by atoms with Crippen LogP contribution >= 0.6 is 0 Å². The van der Waals surface area contributed by atoms with Crippen LogP contribution in [0.5, 0.6) is 0 Å². The molecule has 0 aromatic carbocycles. The van der Waals surface area contributed by atoms with E-state index in [0.29, 0.717) is 6.42 Å². The Morgan fingerprint density at radius 1 is 0.724 bits per heavy atom. The number of aliphatic hydroxyl groups excluding tert-OH is 4. The van der Waals surface area contributed by atoms with Gasteiger partial charge in [-0.15, -0.1) is 0 Å². The van der Waals surface area contributed by atoms with Crippen LogP contribution in [0.2, 0.25) is 0 Å². The van der Waals surface area contributed by atoms with E-state index in [0.717, 1.165) is 19.3 Å². The first-order valence-electron chi connectivity index (χ1n) is 11.4. The summed E-state index contributed by atoms with van der Waals surface area (Å²) < 4.78 is 0. The number of unbranched alkanes of at least 4 members (excludes halogenated alkanes) is 12. The number of nitrogens with two attached hydrogens (primary N) is 1. The molecule has 0 aliphatic carbocycles. The van der Waals surface area contributed by atoms with Crippen molar-refractivity contribution in [3.63, 3.8) is 0 Å². The van der Waals surface area contributed by atoms with E-state index < -0.39 is 42.5 Å². The quantitative estimate of drug-likeness (QED) is 0.151. The van der Waals surface area contributed by atoms with E-state index in [-0.39, 0.29) is 6.42 Å². The standard InChI is InChI=1S/C22H43NO6/c1-2-3-4-5-6-7-8-9-10-11-12-13-14-15-17(25)20(27)19(23)22(29)21(28)18(26)16-24/h17-20,24-27H,2-16,23H2,1H3/t17?,18-,19+,20?/m1/s1.